The van der Waals surface area contributed by atoms with Gasteiger partial charge in [-0.3, -0.25) is 14.4 Å². The zero-order chi connectivity index (χ0) is 25.0. The molecule has 3 amide bonds. The van der Waals surface area contributed by atoms with Crippen LogP contribution in [0.5, 0.6) is 0 Å². The fourth-order valence-electron chi connectivity index (χ4n) is 5.68. The Hall–Kier alpha value is -2.37. The molecule has 6 heteroatoms. The monoisotopic (exact) mass is 483 g/mol. The summed E-state index contributed by atoms with van der Waals surface area (Å²) in [5.74, 6) is 0.626. The van der Waals surface area contributed by atoms with Gasteiger partial charge in [0.05, 0.1) is 0 Å². The summed E-state index contributed by atoms with van der Waals surface area (Å²) in [6.45, 7) is 3.58. The Morgan fingerprint density at radius 3 is 1.43 bits per heavy atom. The van der Waals surface area contributed by atoms with E-state index in [2.05, 4.69) is 16.0 Å². The molecule has 0 atom stereocenters. The number of amides is 3. The summed E-state index contributed by atoms with van der Waals surface area (Å²) in [4.78, 5) is 35.5. The summed E-state index contributed by atoms with van der Waals surface area (Å²) in [7, 11) is 0. The van der Waals surface area contributed by atoms with Crippen molar-refractivity contribution in [1.29, 1.82) is 0 Å². The van der Waals surface area contributed by atoms with Crippen molar-refractivity contribution < 1.29 is 14.4 Å². The standard InChI is InChI=1S/C21H30N2O2.C8H15NO/c1-15-12-18(22-20(24)16-8-4-2-5-9-16)14-19(13-15)23-21(25)17-10-6-3-7-11-17;1-7(10)9-8-5-3-2-4-6-8/h12-14,16-17H,2-11H2,1H3,(H,22,24)(H,23,25);8H,2-6H2,1H3,(H,9,10). The van der Waals surface area contributed by atoms with Crippen molar-refractivity contribution in [3.63, 3.8) is 0 Å². The number of nitrogens with one attached hydrogen (secondary N) is 3. The summed E-state index contributed by atoms with van der Waals surface area (Å²) in [5.41, 5.74) is 2.62. The summed E-state index contributed by atoms with van der Waals surface area (Å²) in [5, 5.41) is 9.05. The van der Waals surface area contributed by atoms with Gasteiger partial charge in [-0.05, 0) is 69.2 Å². The Morgan fingerprint density at radius 1 is 0.629 bits per heavy atom. The van der Waals surface area contributed by atoms with Crippen LogP contribution >= 0.6 is 0 Å². The van der Waals surface area contributed by atoms with Gasteiger partial charge in [0.2, 0.25) is 17.7 Å². The molecule has 4 rings (SSSR count). The fraction of sp³-hybridized carbons (Fsp3) is 0.690. The van der Waals surface area contributed by atoms with E-state index in [1.807, 2.05) is 25.1 Å². The molecule has 3 N–H and O–H groups in total. The largest absolute Gasteiger partial charge is 0.354 e. The summed E-state index contributed by atoms with van der Waals surface area (Å²) in [6.07, 6.45) is 17.3. The van der Waals surface area contributed by atoms with Crippen LogP contribution in [-0.2, 0) is 14.4 Å². The van der Waals surface area contributed by atoms with Gasteiger partial charge in [0.1, 0.15) is 0 Å². The molecular weight excluding hydrogens is 438 g/mol. The second-order valence-electron chi connectivity index (χ2n) is 10.8. The van der Waals surface area contributed by atoms with Crippen LogP contribution in [-0.4, -0.2) is 23.8 Å². The molecule has 0 heterocycles. The van der Waals surface area contributed by atoms with Crippen LogP contribution in [0, 0.1) is 18.8 Å². The molecule has 1 aromatic carbocycles. The average Bonchev–Trinajstić information content (AvgIpc) is 2.85. The predicted octanol–water partition coefficient (Wildman–Crippen LogP) is 6.49. The van der Waals surface area contributed by atoms with Crippen molar-refractivity contribution in [2.45, 2.75) is 116 Å². The minimum Gasteiger partial charge on any atom is -0.354 e. The molecule has 3 saturated carbocycles. The van der Waals surface area contributed by atoms with E-state index in [0.29, 0.717) is 6.04 Å². The number of hydrogen-bond acceptors (Lipinski definition) is 3. The summed E-state index contributed by atoms with van der Waals surface area (Å²) >= 11 is 0. The second kappa shape index (κ2) is 14.3. The van der Waals surface area contributed by atoms with Crippen molar-refractivity contribution >= 4 is 29.1 Å². The summed E-state index contributed by atoms with van der Waals surface area (Å²) < 4.78 is 0. The molecule has 3 fully saturated rings. The molecule has 3 aliphatic rings. The third kappa shape index (κ3) is 9.65. The Bertz CT molecular complexity index is 785. The SMILES string of the molecule is CC(=O)NC1CCCCC1.Cc1cc(NC(=O)C2CCCCC2)cc(NC(=O)C2CCCCC2)c1. The van der Waals surface area contributed by atoms with E-state index in [1.165, 1.54) is 44.9 Å². The molecule has 0 unspecified atom stereocenters. The minimum absolute atomic E-state index is 0.118. The van der Waals surface area contributed by atoms with Crippen LogP contribution in [0.3, 0.4) is 0 Å². The van der Waals surface area contributed by atoms with Gasteiger partial charge in [0, 0.05) is 36.2 Å². The molecule has 1 aromatic rings. The highest BCUT2D eigenvalue weighted by Gasteiger charge is 2.23. The van der Waals surface area contributed by atoms with Gasteiger partial charge in [0.25, 0.3) is 0 Å². The van der Waals surface area contributed by atoms with Gasteiger partial charge in [-0.15, -0.1) is 0 Å². The molecule has 0 aromatic heterocycles. The highest BCUT2D eigenvalue weighted by Crippen LogP contribution is 2.28. The van der Waals surface area contributed by atoms with Crippen molar-refractivity contribution in [1.82, 2.24) is 5.32 Å². The first-order chi connectivity index (χ1) is 16.9. The van der Waals surface area contributed by atoms with Gasteiger partial charge in [-0.1, -0.05) is 57.8 Å². The van der Waals surface area contributed by atoms with E-state index < -0.39 is 0 Å². The summed E-state index contributed by atoms with van der Waals surface area (Å²) in [6, 6.07) is 6.30. The zero-order valence-corrected chi connectivity index (χ0v) is 21.8. The Kier molecular flexibility index (Phi) is 11.1. The van der Waals surface area contributed by atoms with Crippen LogP contribution in [0.4, 0.5) is 11.4 Å². The maximum atomic E-state index is 12.5. The van der Waals surface area contributed by atoms with E-state index in [-0.39, 0.29) is 29.6 Å². The van der Waals surface area contributed by atoms with Gasteiger partial charge in [0.15, 0.2) is 0 Å². The van der Waals surface area contributed by atoms with Gasteiger partial charge in [-0.25, -0.2) is 0 Å². The van der Waals surface area contributed by atoms with Crippen LogP contribution < -0.4 is 16.0 Å². The molecule has 194 valence electrons. The maximum absolute atomic E-state index is 12.5. The average molecular weight is 484 g/mol. The van der Waals surface area contributed by atoms with Gasteiger partial charge in [-0.2, -0.15) is 0 Å². The van der Waals surface area contributed by atoms with Crippen LogP contribution in [0.15, 0.2) is 18.2 Å². The van der Waals surface area contributed by atoms with Gasteiger partial charge >= 0.3 is 0 Å². The molecule has 0 bridgehead atoms. The molecule has 6 nitrogen and oxygen atoms in total. The first kappa shape index (κ1) is 27.2. The number of carbonyl (C=O) groups is 3. The molecular formula is C29H45N3O3. The second-order valence-corrected chi connectivity index (χ2v) is 10.8. The maximum Gasteiger partial charge on any atom is 0.227 e. The van der Waals surface area contributed by atoms with Crippen molar-refractivity contribution in [3.8, 4) is 0 Å². The van der Waals surface area contributed by atoms with Crippen molar-refractivity contribution in [2.24, 2.45) is 11.8 Å². The predicted molar refractivity (Wildman–Crippen MR) is 142 cm³/mol. The number of anilines is 2. The first-order valence-electron chi connectivity index (χ1n) is 13.9. The fourth-order valence-corrected chi connectivity index (χ4v) is 5.68. The Balaban J connectivity index is 0.000000287. The molecule has 0 spiro atoms. The molecule has 35 heavy (non-hydrogen) atoms. The van der Waals surface area contributed by atoms with Gasteiger partial charge < -0.3 is 16.0 Å². The lowest BCUT2D eigenvalue weighted by Crippen LogP contribution is -2.34. The van der Waals surface area contributed by atoms with Crippen LogP contribution in [0.2, 0.25) is 0 Å². The topological polar surface area (TPSA) is 87.3 Å². The third-order valence-electron chi connectivity index (χ3n) is 7.58. The lowest BCUT2D eigenvalue weighted by Gasteiger charge is -2.22. The third-order valence-corrected chi connectivity index (χ3v) is 7.58. The number of rotatable bonds is 5. The highest BCUT2D eigenvalue weighted by molar-refractivity contribution is 5.96. The zero-order valence-electron chi connectivity index (χ0n) is 21.8. The minimum atomic E-state index is 0.118. The number of carbonyl (C=O) groups excluding carboxylic acids is 3. The van der Waals surface area contributed by atoms with Crippen molar-refractivity contribution in [2.75, 3.05) is 10.6 Å². The molecule has 0 radical (unpaired) electrons. The lowest BCUT2D eigenvalue weighted by atomic mass is 9.88. The molecule has 0 saturated heterocycles. The van der Waals surface area contributed by atoms with E-state index in [1.54, 1.807) is 6.92 Å². The highest BCUT2D eigenvalue weighted by atomic mass is 16.2. The van der Waals surface area contributed by atoms with Crippen LogP contribution in [0.25, 0.3) is 0 Å². The van der Waals surface area contributed by atoms with E-state index in [0.717, 1.165) is 68.3 Å². The number of benzene rings is 1. The lowest BCUT2D eigenvalue weighted by molar-refractivity contribution is -0.121. The first-order valence-corrected chi connectivity index (χ1v) is 13.9. The van der Waals surface area contributed by atoms with Crippen LogP contribution in [0.1, 0.15) is 109 Å². The Labute approximate surface area is 211 Å². The number of hydrogen-bond donors (Lipinski definition) is 3. The molecule has 0 aliphatic heterocycles. The quantitative estimate of drug-likeness (QED) is 0.447. The smallest absolute Gasteiger partial charge is 0.227 e. The van der Waals surface area contributed by atoms with E-state index >= 15 is 0 Å². The van der Waals surface area contributed by atoms with Crippen molar-refractivity contribution in [3.05, 3.63) is 23.8 Å². The van der Waals surface area contributed by atoms with E-state index in [4.69, 9.17) is 0 Å². The normalized spacial score (nSPS) is 19.7. The Morgan fingerprint density at radius 2 is 1.03 bits per heavy atom. The molecule has 3 aliphatic carbocycles. The number of aryl methyl sites for hydroxylation is 1. The van der Waals surface area contributed by atoms with E-state index in [9.17, 15) is 14.4 Å².